The zero-order valence-corrected chi connectivity index (χ0v) is 16.4. The summed E-state index contributed by atoms with van der Waals surface area (Å²) in [4.78, 5) is 25.2. The number of carboxylic acid groups (broad SMARTS) is 1. The standard InChI is InChI=1S/C21H23NO8/c1-22-7-6-20-16-10-2-3-11(23)17(16)30-18(20)13(4-5-21(20,28)14(22)8-10)29-19(27)12(24)9-15(25)26/h2-4,12,14,18,23-24,28H,5-9H2,1H3,(H,25,26)/t12-,14-,18-,20-,21+/m0/s1. The number of hydrogen-bond donors (Lipinski definition) is 4. The fraction of sp³-hybridized carbons (Fsp3) is 0.524. The molecular formula is C21H23NO8. The number of aliphatic hydroxyl groups is 2. The van der Waals surface area contributed by atoms with E-state index in [4.69, 9.17) is 14.6 Å². The molecule has 1 aromatic carbocycles. The number of carbonyl (C=O) groups excluding carboxylic acids is 1. The second kappa shape index (κ2) is 6.19. The number of carboxylic acids is 1. The molecule has 0 amide bonds. The molecule has 0 saturated carbocycles. The Bertz CT molecular complexity index is 989. The molecule has 1 aromatic rings. The maximum absolute atomic E-state index is 12.3. The molecule has 4 N–H and O–H groups in total. The van der Waals surface area contributed by atoms with E-state index in [9.17, 15) is 24.9 Å². The van der Waals surface area contributed by atoms with Gasteiger partial charge in [-0.1, -0.05) is 6.07 Å². The van der Waals surface area contributed by atoms with Crippen molar-refractivity contribution in [1.82, 2.24) is 4.90 Å². The summed E-state index contributed by atoms with van der Waals surface area (Å²) in [6.07, 6.45) is -0.542. The van der Waals surface area contributed by atoms with Crippen molar-refractivity contribution < 1.29 is 39.5 Å². The van der Waals surface area contributed by atoms with Gasteiger partial charge in [0, 0.05) is 18.0 Å². The molecule has 9 heteroatoms. The number of nitrogens with zero attached hydrogens (tertiary/aromatic N) is 1. The van der Waals surface area contributed by atoms with Crippen molar-refractivity contribution in [2.24, 2.45) is 0 Å². The Balaban J connectivity index is 1.60. The number of likely N-dealkylation sites (tertiary alicyclic amines) is 1. The maximum Gasteiger partial charge on any atom is 0.340 e. The first kappa shape index (κ1) is 19.3. The molecule has 2 aliphatic carbocycles. The Morgan fingerprint density at radius 1 is 1.40 bits per heavy atom. The lowest BCUT2D eigenvalue weighted by molar-refractivity contribution is -0.173. The highest BCUT2D eigenvalue weighted by molar-refractivity contribution is 5.81. The fourth-order valence-electron chi connectivity index (χ4n) is 5.87. The van der Waals surface area contributed by atoms with E-state index in [0.717, 1.165) is 11.1 Å². The van der Waals surface area contributed by atoms with Crippen LogP contribution in [0.4, 0.5) is 0 Å². The lowest BCUT2D eigenvalue weighted by Gasteiger charge is -2.61. The molecule has 2 aliphatic heterocycles. The van der Waals surface area contributed by atoms with Crippen LogP contribution in [0.3, 0.4) is 0 Å². The third-order valence-electron chi connectivity index (χ3n) is 7.21. The second-order valence-corrected chi connectivity index (χ2v) is 8.64. The van der Waals surface area contributed by atoms with Crippen LogP contribution < -0.4 is 4.74 Å². The monoisotopic (exact) mass is 417 g/mol. The number of hydrogen-bond acceptors (Lipinski definition) is 8. The number of aliphatic hydroxyl groups excluding tert-OH is 1. The van der Waals surface area contributed by atoms with Gasteiger partial charge in [0.15, 0.2) is 23.7 Å². The first-order chi connectivity index (χ1) is 14.2. The highest BCUT2D eigenvalue weighted by atomic mass is 16.6. The van der Waals surface area contributed by atoms with Crippen LogP contribution in [0.1, 0.15) is 30.4 Å². The van der Waals surface area contributed by atoms with Gasteiger partial charge in [-0.05, 0) is 44.1 Å². The number of aromatic hydroxyl groups is 1. The van der Waals surface area contributed by atoms with E-state index in [-0.39, 0.29) is 29.7 Å². The molecule has 0 unspecified atom stereocenters. The molecule has 1 spiro atoms. The predicted octanol–water partition coefficient (Wildman–Crippen LogP) is 0.0487. The predicted molar refractivity (Wildman–Crippen MR) is 101 cm³/mol. The topological polar surface area (TPSA) is 137 Å². The lowest BCUT2D eigenvalue weighted by atomic mass is 9.50. The van der Waals surface area contributed by atoms with Crippen molar-refractivity contribution in [2.45, 2.75) is 54.9 Å². The van der Waals surface area contributed by atoms with Gasteiger partial charge >= 0.3 is 11.9 Å². The minimum Gasteiger partial charge on any atom is -0.504 e. The Labute approximate surface area is 172 Å². The third kappa shape index (κ3) is 2.28. The van der Waals surface area contributed by atoms with Crippen molar-refractivity contribution in [3.05, 3.63) is 35.1 Å². The summed E-state index contributed by atoms with van der Waals surface area (Å²) in [5.74, 6) is -2.05. The molecule has 2 bridgehead atoms. The Morgan fingerprint density at radius 3 is 2.90 bits per heavy atom. The number of rotatable bonds is 4. The van der Waals surface area contributed by atoms with Gasteiger partial charge in [0.1, 0.15) is 5.76 Å². The normalized spacial score (nSPS) is 34.4. The van der Waals surface area contributed by atoms with Crippen LogP contribution in [0.25, 0.3) is 0 Å². The molecule has 0 radical (unpaired) electrons. The molecule has 1 saturated heterocycles. The summed E-state index contributed by atoms with van der Waals surface area (Å²) in [5.41, 5.74) is -0.364. The summed E-state index contributed by atoms with van der Waals surface area (Å²) < 4.78 is 11.5. The molecule has 9 nitrogen and oxygen atoms in total. The molecule has 30 heavy (non-hydrogen) atoms. The minimum absolute atomic E-state index is 0.0474. The highest BCUT2D eigenvalue weighted by Gasteiger charge is 2.72. The molecular weight excluding hydrogens is 394 g/mol. The van der Waals surface area contributed by atoms with E-state index in [0.29, 0.717) is 19.4 Å². The van der Waals surface area contributed by atoms with Crippen LogP contribution in [0.5, 0.6) is 11.5 Å². The van der Waals surface area contributed by atoms with E-state index in [1.807, 2.05) is 13.1 Å². The zero-order valence-electron chi connectivity index (χ0n) is 16.4. The van der Waals surface area contributed by atoms with Crippen LogP contribution >= 0.6 is 0 Å². The molecule has 5 atom stereocenters. The number of carbonyl (C=O) groups is 2. The number of phenolic OH excluding ortho intramolecular Hbond substituents is 1. The zero-order chi connectivity index (χ0) is 21.4. The highest BCUT2D eigenvalue weighted by Crippen LogP contribution is 2.65. The molecule has 160 valence electrons. The number of piperidine rings is 1. The van der Waals surface area contributed by atoms with Gasteiger partial charge in [-0.2, -0.15) is 0 Å². The van der Waals surface area contributed by atoms with Crippen LogP contribution in [-0.2, 0) is 26.2 Å². The third-order valence-corrected chi connectivity index (χ3v) is 7.21. The largest absolute Gasteiger partial charge is 0.504 e. The van der Waals surface area contributed by atoms with Crippen molar-refractivity contribution in [2.75, 3.05) is 13.6 Å². The van der Waals surface area contributed by atoms with E-state index < -0.39 is 41.6 Å². The van der Waals surface area contributed by atoms with Gasteiger partial charge in [-0.3, -0.25) is 4.79 Å². The van der Waals surface area contributed by atoms with Gasteiger partial charge in [-0.25, -0.2) is 4.79 Å². The first-order valence-electron chi connectivity index (χ1n) is 9.95. The number of esters is 1. The quantitative estimate of drug-likeness (QED) is 0.501. The smallest absolute Gasteiger partial charge is 0.340 e. The number of likely N-dealkylation sites (N-methyl/N-ethyl adjacent to an activating group) is 1. The van der Waals surface area contributed by atoms with Crippen molar-refractivity contribution in [3.8, 4) is 11.5 Å². The van der Waals surface area contributed by atoms with Crippen molar-refractivity contribution >= 4 is 11.9 Å². The van der Waals surface area contributed by atoms with Gasteiger partial charge in [0.2, 0.25) is 0 Å². The average molecular weight is 417 g/mol. The Morgan fingerprint density at radius 2 is 2.17 bits per heavy atom. The lowest BCUT2D eigenvalue weighted by Crippen LogP contribution is -2.74. The Hall–Kier alpha value is -2.62. The van der Waals surface area contributed by atoms with Gasteiger partial charge in [0.05, 0.1) is 17.4 Å². The van der Waals surface area contributed by atoms with Crippen LogP contribution in [0.15, 0.2) is 24.0 Å². The summed E-state index contributed by atoms with van der Waals surface area (Å²) in [5, 5.41) is 41.0. The molecule has 5 rings (SSSR count). The average Bonchev–Trinajstić information content (AvgIpc) is 3.04. The van der Waals surface area contributed by atoms with Crippen molar-refractivity contribution in [1.29, 1.82) is 0 Å². The number of phenols is 1. The van der Waals surface area contributed by atoms with Crippen LogP contribution in [0, 0.1) is 0 Å². The Kier molecular flexibility index (Phi) is 3.99. The van der Waals surface area contributed by atoms with E-state index in [1.165, 1.54) is 0 Å². The second-order valence-electron chi connectivity index (χ2n) is 8.64. The minimum atomic E-state index is -1.81. The van der Waals surface area contributed by atoms with E-state index >= 15 is 0 Å². The first-order valence-corrected chi connectivity index (χ1v) is 9.95. The maximum atomic E-state index is 12.3. The summed E-state index contributed by atoms with van der Waals surface area (Å²) in [7, 11) is 1.97. The molecule has 2 heterocycles. The van der Waals surface area contributed by atoms with Gasteiger partial charge in [-0.15, -0.1) is 0 Å². The van der Waals surface area contributed by atoms with Crippen LogP contribution in [-0.4, -0.2) is 74.7 Å². The molecule has 0 aromatic heterocycles. The van der Waals surface area contributed by atoms with Gasteiger partial charge in [0.25, 0.3) is 0 Å². The summed E-state index contributed by atoms with van der Waals surface area (Å²) >= 11 is 0. The summed E-state index contributed by atoms with van der Waals surface area (Å²) in [6, 6.07) is 3.23. The van der Waals surface area contributed by atoms with E-state index in [1.54, 1.807) is 12.1 Å². The van der Waals surface area contributed by atoms with Gasteiger partial charge < -0.3 is 34.8 Å². The molecule has 1 fully saturated rings. The molecule has 4 aliphatic rings. The van der Waals surface area contributed by atoms with Crippen molar-refractivity contribution in [3.63, 3.8) is 0 Å². The van der Waals surface area contributed by atoms with Crippen LogP contribution in [0.2, 0.25) is 0 Å². The number of ether oxygens (including phenoxy) is 2. The van der Waals surface area contributed by atoms with E-state index in [2.05, 4.69) is 4.90 Å². The summed E-state index contributed by atoms with van der Waals surface area (Å²) in [6.45, 7) is 0.685. The fourth-order valence-corrected chi connectivity index (χ4v) is 5.87. The number of aliphatic carboxylic acids is 1. The SMILES string of the molecule is CN1CC[C@]23c4c5ccc(O)c4O[C@H]2C(OC(=O)[C@@H](O)CC(=O)O)=CC[C@@]3(O)[C@@H]1C5. The number of benzene rings is 1.